The first-order valence-electron chi connectivity index (χ1n) is 4.52. The lowest BCUT2D eigenvalue weighted by Crippen LogP contribution is -2.46. The quantitative estimate of drug-likeness (QED) is 0.632. The second kappa shape index (κ2) is 7.53. The van der Waals surface area contributed by atoms with Crippen LogP contribution in [0.3, 0.4) is 0 Å². The number of esters is 1. The lowest BCUT2D eigenvalue weighted by molar-refractivity contribution is -0.144. The molecule has 1 atom stereocenters. The van der Waals surface area contributed by atoms with Crippen LogP contribution in [0.25, 0.3) is 0 Å². The Kier molecular flexibility index (Phi) is 7.15. The lowest BCUT2D eigenvalue weighted by atomic mass is 10.3. The van der Waals surface area contributed by atoms with E-state index >= 15 is 0 Å². The first-order valence-corrected chi connectivity index (χ1v) is 5.91. The van der Waals surface area contributed by atoms with Crippen LogP contribution >= 0.6 is 11.8 Å². The summed E-state index contributed by atoms with van der Waals surface area (Å²) in [6.07, 6.45) is 1.87. The van der Waals surface area contributed by atoms with Crippen molar-refractivity contribution in [1.82, 2.24) is 10.2 Å². The summed E-state index contributed by atoms with van der Waals surface area (Å²) in [7, 11) is 4.90. The van der Waals surface area contributed by atoms with Crippen molar-refractivity contribution in [3.63, 3.8) is 0 Å². The second-order valence-corrected chi connectivity index (χ2v) is 4.25. The van der Waals surface area contributed by atoms with Crippen LogP contribution in [-0.4, -0.2) is 62.6 Å². The van der Waals surface area contributed by atoms with Gasteiger partial charge in [0.15, 0.2) is 0 Å². The summed E-state index contributed by atoms with van der Waals surface area (Å²) in [6, 6.07) is -0.558. The molecule has 0 spiro atoms. The fourth-order valence-corrected chi connectivity index (χ4v) is 1.56. The number of hydrogen-bond acceptors (Lipinski definition) is 5. The molecule has 0 rings (SSSR count). The zero-order chi connectivity index (χ0) is 11.8. The molecular formula is C9H18N2O3S. The van der Waals surface area contributed by atoms with E-state index in [1.165, 1.54) is 18.9 Å². The lowest BCUT2D eigenvalue weighted by Gasteiger charge is -2.16. The zero-order valence-corrected chi connectivity index (χ0v) is 10.4. The predicted molar refractivity (Wildman–Crippen MR) is 60.9 cm³/mol. The minimum atomic E-state index is -0.558. The number of carbonyl (C=O) groups excluding carboxylic acids is 2. The van der Waals surface area contributed by atoms with Crippen molar-refractivity contribution < 1.29 is 14.3 Å². The van der Waals surface area contributed by atoms with Crippen LogP contribution in [0, 0.1) is 0 Å². The molecule has 0 saturated heterocycles. The Bertz CT molecular complexity index is 221. The molecule has 0 radical (unpaired) electrons. The summed E-state index contributed by atoms with van der Waals surface area (Å²) in [4.78, 5) is 24.4. The average molecular weight is 234 g/mol. The van der Waals surface area contributed by atoms with Gasteiger partial charge in [0.2, 0.25) is 5.91 Å². The molecule has 6 heteroatoms. The maximum absolute atomic E-state index is 11.4. The molecule has 88 valence electrons. The molecule has 15 heavy (non-hydrogen) atoms. The summed E-state index contributed by atoms with van der Waals surface area (Å²) < 4.78 is 4.59. The molecule has 0 saturated carbocycles. The maximum Gasteiger partial charge on any atom is 0.329 e. The van der Waals surface area contributed by atoms with Crippen LogP contribution in [-0.2, 0) is 14.3 Å². The Labute approximate surface area is 94.5 Å². The highest BCUT2D eigenvalue weighted by Crippen LogP contribution is 1.99. The summed E-state index contributed by atoms with van der Waals surface area (Å²) in [5.41, 5.74) is 0. The summed E-state index contributed by atoms with van der Waals surface area (Å²) in [5, 5.41) is 2.62. The zero-order valence-electron chi connectivity index (χ0n) is 9.57. The highest BCUT2D eigenvalue weighted by Gasteiger charge is 2.20. The normalized spacial score (nSPS) is 12.3. The van der Waals surface area contributed by atoms with E-state index in [0.29, 0.717) is 5.75 Å². The van der Waals surface area contributed by atoms with Crippen molar-refractivity contribution in [2.45, 2.75) is 6.04 Å². The van der Waals surface area contributed by atoms with Crippen LogP contribution in [0.4, 0.5) is 0 Å². The third-order valence-corrected chi connectivity index (χ3v) is 2.28. The molecule has 5 nitrogen and oxygen atoms in total. The van der Waals surface area contributed by atoms with Gasteiger partial charge in [0.05, 0.1) is 13.7 Å². The Balaban J connectivity index is 4.15. The maximum atomic E-state index is 11.4. The number of carbonyl (C=O) groups is 2. The van der Waals surface area contributed by atoms with Crippen molar-refractivity contribution in [2.24, 2.45) is 0 Å². The van der Waals surface area contributed by atoms with Gasteiger partial charge in [-0.25, -0.2) is 4.79 Å². The fraction of sp³-hybridized carbons (Fsp3) is 0.778. The third kappa shape index (κ3) is 6.35. The van der Waals surface area contributed by atoms with Crippen molar-refractivity contribution in [3.8, 4) is 0 Å². The van der Waals surface area contributed by atoms with E-state index in [4.69, 9.17) is 0 Å². The average Bonchev–Trinajstić information content (AvgIpc) is 2.14. The van der Waals surface area contributed by atoms with Gasteiger partial charge in [-0.2, -0.15) is 11.8 Å². The Morgan fingerprint density at radius 3 is 2.47 bits per heavy atom. The molecule has 0 aromatic carbocycles. The molecule has 0 bridgehead atoms. The van der Waals surface area contributed by atoms with Crippen LogP contribution in [0.15, 0.2) is 0 Å². The minimum absolute atomic E-state index is 0.176. The number of ether oxygens (including phenoxy) is 1. The fourth-order valence-electron chi connectivity index (χ4n) is 1.00. The van der Waals surface area contributed by atoms with E-state index in [1.807, 2.05) is 6.26 Å². The van der Waals surface area contributed by atoms with Crippen LogP contribution in [0.2, 0.25) is 0 Å². The number of nitrogens with one attached hydrogen (secondary N) is 1. The highest BCUT2D eigenvalue weighted by molar-refractivity contribution is 7.98. The summed E-state index contributed by atoms with van der Waals surface area (Å²) >= 11 is 1.49. The molecular weight excluding hydrogens is 216 g/mol. The molecule has 0 heterocycles. The standard InChI is InChI=1S/C9H18N2O3S/c1-11(2)5-8(12)10-7(6-15-4)9(13)14-3/h7H,5-6H2,1-4H3,(H,10,12). The van der Waals surface area contributed by atoms with Crippen molar-refractivity contribution >= 4 is 23.6 Å². The summed E-state index contributed by atoms with van der Waals surface area (Å²) in [6.45, 7) is 0.266. The third-order valence-electron chi connectivity index (χ3n) is 1.61. The van der Waals surface area contributed by atoms with Gasteiger partial charge in [-0.15, -0.1) is 0 Å². The van der Waals surface area contributed by atoms with Gasteiger partial charge in [0, 0.05) is 5.75 Å². The number of rotatable bonds is 6. The van der Waals surface area contributed by atoms with Gasteiger partial charge >= 0.3 is 5.97 Å². The Morgan fingerprint density at radius 1 is 1.47 bits per heavy atom. The van der Waals surface area contributed by atoms with Gasteiger partial charge in [0.1, 0.15) is 6.04 Å². The van der Waals surface area contributed by atoms with E-state index in [9.17, 15) is 9.59 Å². The van der Waals surface area contributed by atoms with Crippen molar-refractivity contribution in [3.05, 3.63) is 0 Å². The van der Waals surface area contributed by atoms with E-state index in [2.05, 4.69) is 10.1 Å². The molecule has 1 amide bonds. The second-order valence-electron chi connectivity index (χ2n) is 3.34. The molecule has 1 N–H and O–H groups in total. The number of hydrogen-bond donors (Lipinski definition) is 1. The van der Waals surface area contributed by atoms with Crippen molar-refractivity contribution in [2.75, 3.05) is 39.8 Å². The van der Waals surface area contributed by atoms with Gasteiger partial charge in [-0.05, 0) is 20.4 Å². The van der Waals surface area contributed by atoms with Crippen LogP contribution in [0.5, 0.6) is 0 Å². The number of amides is 1. The smallest absolute Gasteiger partial charge is 0.329 e. The molecule has 1 unspecified atom stereocenters. The van der Waals surface area contributed by atoms with E-state index in [-0.39, 0.29) is 12.5 Å². The Morgan fingerprint density at radius 2 is 2.07 bits per heavy atom. The monoisotopic (exact) mass is 234 g/mol. The SMILES string of the molecule is COC(=O)C(CSC)NC(=O)CN(C)C. The largest absolute Gasteiger partial charge is 0.467 e. The van der Waals surface area contributed by atoms with E-state index in [1.54, 1.807) is 19.0 Å². The number of thioether (sulfide) groups is 1. The molecule has 0 aliphatic carbocycles. The number of nitrogens with zero attached hydrogens (tertiary/aromatic N) is 1. The molecule has 0 aliphatic rings. The van der Waals surface area contributed by atoms with Gasteiger partial charge in [-0.1, -0.05) is 0 Å². The minimum Gasteiger partial charge on any atom is -0.467 e. The predicted octanol–water partition coefficient (Wildman–Crippen LogP) is -0.431. The van der Waals surface area contributed by atoms with E-state index in [0.717, 1.165) is 0 Å². The summed E-state index contributed by atoms with van der Waals surface area (Å²) in [5.74, 6) is -0.0628. The molecule has 0 aromatic rings. The highest BCUT2D eigenvalue weighted by atomic mass is 32.2. The first kappa shape index (κ1) is 14.2. The van der Waals surface area contributed by atoms with Gasteiger partial charge in [-0.3, -0.25) is 4.79 Å². The van der Waals surface area contributed by atoms with Crippen molar-refractivity contribution in [1.29, 1.82) is 0 Å². The topological polar surface area (TPSA) is 58.6 Å². The van der Waals surface area contributed by atoms with Gasteiger partial charge < -0.3 is 15.0 Å². The number of likely N-dealkylation sites (N-methyl/N-ethyl adjacent to an activating group) is 1. The first-order chi connectivity index (χ1) is 7.01. The number of methoxy groups -OCH3 is 1. The molecule has 0 aromatic heterocycles. The van der Waals surface area contributed by atoms with Crippen LogP contribution < -0.4 is 5.32 Å². The van der Waals surface area contributed by atoms with E-state index < -0.39 is 12.0 Å². The van der Waals surface area contributed by atoms with Gasteiger partial charge in [0.25, 0.3) is 0 Å². The molecule has 0 fully saturated rings. The Hall–Kier alpha value is -0.750. The van der Waals surface area contributed by atoms with Crippen LogP contribution in [0.1, 0.15) is 0 Å². The molecule has 0 aliphatic heterocycles.